The van der Waals surface area contributed by atoms with Crippen molar-refractivity contribution in [2.75, 3.05) is 0 Å². The highest BCUT2D eigenvalue weighted by atomic mass is 19.4. The van der Waals surface area contributed by atoms with Crippen LogP contribution in [0.2, 0.25) is 0 Å². The summed E-state index contributed by atoms with van der Waals surface area (Å²) in [6.07, 6.45) is -1.64. The van der Waals surface area contributed by atoms with Crippen LogP contribution < -0.4 is 4.74 Å². The summed E-state index contributed by atoms with van der Waals surface area (Å²) in [5, 5.41) is 25.1. The minimum Gasteiger partial charge on any atom is -0.481 e. The number of carbonyl (C=O) groups is 2. The number of nitrogens with zero attached hydrogens (tertiary/aromatic N) is 4. The molecule has 3 aromatic heterocycles. The molecule has 14 heteroatoms. The number of halogens is 5. The molecule has 2 N–H and O–H groups in total. The molecule has 0 saturated carbocycles. The molecule has 9 nitrogen and oxygen atoms in total. The van der Waals surface area contributed by atoms with Crippen LogP contribution in [0.4, 0.5) is 22.0 Å². The number of pyridine rings is 1. The van der Waals surface area contributed by atoms with Gasteiger partial charge in [-0.2, -0.15) is 23.4 Å². The Bertz CT molecular complexity index is 1490. The molecule has 208 valence electrons. The van der Waals surface area contributed by atoms with Crippen molar-refractivity contribution >= 4 is 17.5 Å². The molecule has 1 unspecified atom stereocenters. The third kappa shape index (κ3) is 6.89. The number of hydrogen-bond acceptors (Lipinski definition) is 5. The van der Waals surface area contributed by atoms with E-state index in [0.29, 0.717) is 11.6 Å². The zero-order chi connectivity index (χ0) is 29.1. The highest BCUT2D eigenvalue weighted by molar-refractivity contribution is 5.82. The first-order chi connectivity index (χ1) is 18.2. The molecule has 0 amide bonds. The zero-order valence-corrected chi connectivity index (χ0v) is 20.8. The van der Waals surface area contributed by atoms with Crippen LogP contribution in [-0.4, -0.2) is 47.7 Å². The van der Waals surface area contributed by atoms with Gasteiger partial charge in [0.2, 0.25) is 5.88 Å². The molecule has 1 atom stereocenters. The number of hydrogen-bond donors (Lipinski definition) is 2. The molecule has 0 aliphatic carbocycles. The fourth-order valence-electron chi connectivity index (χ4n) is 3.59. The van der Waals surface area contributed by atoms with E-state index in [0.717, 1.165) is 22.2 Å². The Balaban J connectivity index is 0.000000532. The van der Waals surface area contributed by atoms with Gasteiger partial charge in [-0.1, -0.05) is 13.0 Å². The van der Waals surface area contributed by atoms with Gasteiger partial charge in [0, 0.05) is 23.4 Å². The van der Waals surface area contributed by atoms with E-state index in [1.54, 1.807) is 34.6 Å². The number of ether oxygens (including phenoxy) is 1. The quantitative estimate of drug-likeness (QED) is 0.308. The second kappa shape index (κ2) is 11.5. The Labute approximate surface area is 218 Å². The number of aromatic nitrogens is 4. The highest BCUT2D eigenvalue weighted by Crippen LogP contribution is 2.32. The lowest BCUT2D eigenvalue weighted by Gasteiger charge is -2.11. The summed E-state index contributed by atoms with van der Waals surface area (Å²) >= 11 is 0. The van der Waals surface area contributed by atoms with E-state index in [1.165, 1.54) is 18.2 Å². The van der Waals surface area contributed by atoms with Gasteiger partial charge in [0.05, 0.1) is 35.4 Å². The molecule has 0 bridgehead atoms. The van der Waals surface area contributed by atoms with Crippen LogP contribution in [0, 0.1) is 31.4 Å². The summed E-state index contributed by atoms with van der Waals surface area (Å²) in [7, 11) is 0. The first kappa shape index (κ1) is 29.1. The van der Waals surface area contributed by atoms with Gasteiger partial charge in [-0.3, -0.25) is 9.48 Å². The van der Waals surface area contributed by atoms with Gasteiger partial charge in [-0.05, 0) is 37.6 Å². The molecule has 0 saturated heterocycles. The van der Waals surface area contributed by atoms with Crippen molar-refractivity contribution in [1.82, 2.24) is 19.4 Å². The molecular weight excluding hydrogens is 531 g/mol. The lowest BCUT2D eigenvalue weighted by atomic mass is 10.1. The zero-order valence-electron chi connectivity index (χ0n) is 20.8. The Morgan fingerprint density at radius 1 is 1.10 bits per heavy atom. The first-order valence-corrected chi connectivity index (χ1v) is 11.3. The van der Waals surface area contributed by atoms with Crippen molar-refractivity contribution in [3.8, 4) is 17.0 Å². The van der Waals surface area contributed by atoms with Crippen LogP contribution in [0.1, 0.15) is 23.7 Å². The van der Waals surface area contributed by atoms with E-state index >= 15 is 0 Å². The topological polar surface area (TPSA) is 119 Å². The first-order valence-electron chi connectivity index (χ1n) is 11.3. The summed E-state index contributed by atoms with van der Waals surface area (Å²) in [5.74, 6) is -5.22. The van der Waals surface area contributed by atoms with Crippen molar-refractivity contribution in [2.45, 2.75) is 40.1 Å². The standard InChI is InChI=1S/C23H22F2N4O3.C2HF3O2/c1-13-7-20-22(16-9-26-28(11-16)10-14(2)23(30)31)15(3)27-29(20)21(8-13)32-12-17-18(24)5-4-6-19(17)25;3-2(4,5)1(6)7/h4-9,11,14H,10,12H2,1-3H3,(H,30,31);(H,6,7). The van der Waals surface area contributed by atoms with E-state index in [1.807, 2.05) is 19.9 Å². The number of carboxylic acid groups (broad SMARTS) is 2. The third-order valence-corrected chi connectivity index (χ3v) is 5.49. The Kier molecular flexibility index (Phi) is 8.57. The maximum absolute atomic E-state index is 14.0. The lowest BCUT2D eigenvalue weighted by Crippen LogP contribution is -2.21. The van der Waals surface area contributed by atoms with Gasteiger partial charge < -0.3 is 14.9 Å². The number of rotatable bonds is 7. The third-order valence-electron chi connectivity index (χ3n) is 5.49. The Morgan fingerprint density at radius 2 is 1.72 bits per heavy atom. The Morgan fingerprint density at radius 3 is 2.28 bits per heavy atom. The summed E-state index contributed by atoms with van der Waals surface area (Å²) in [5.41, 5.74) is 3.80. The van der Waals surface area contributed by atoms with Gasteiger partial charge >= 0.3 is 18.1 Å². The molecule has 0 fully saturated rings. The molecule has 0 aliphatic heterocycles. The summed E-state index contributed by atoms with van der Waals surface area (Å²) in [4.78, 5) is 20.0. The van der Waals surface area contributed by atoms with E-state index < -0.39 is 35.7 Å². The summed E-state index contributed by atoms with van der Waals surface area (Å²) < 4.78 is 68.7. The fourth-order valence-corrected chi connectivity index (χ4v) is 3.59. The van der Waals surface area contributed by atoms with Crippen LogP contribution in [-0.2, 0) is 22.7 Å². The second-order valence-corrected chi connectivity index (χ2v) is 8.61. The smallest absolute Gasteiger partial charge is 0.481 e. The minimum atomic E-state index is -5.08. The molecule has 4 rings (SSSR count). The normalized spacial score (nSPS) is 12.1. The van der Waals surface area contributed by atoms with Gasteiger partial charge in [-0.25, -0.2) is 18.1 Å². The number of carboxylic acids is 2. The number of aliphatic carboxylic acids is 2. The number of fused-ring (bicyclic) bond motifs is 1. The Hall–Kier alpha value is -4.49. The number of aryl methyl sites for hydroxylation is 2. The van der Waals surface area contributed by atoms with E-state index in [9.17, 15) is 26.7 Å². The van der Waals surface area contributed by atoms with Crippen molar-refractivity contribution in [2.24, 2.45) is 5.92 Å². The molecule has 39 heavy (non-hydrogen) atoms. The average Bonchev–Trinajstić information content (AvgIpc) is 3.41. The molecule has 4 aromatic rings. The van der Waals surface area contributed by atoms with Crippen molar-refractivity contribution < 1.29 is 46.5 Å². The highest BCUT2D eigenvalue weighted by Gasteiger charge is 2.38. The number of alkyl halides is 3. The van der Waals surface area contributed by atoms with Gasteiger partial charge in [0.25, 0.3) is 0 Å². The van der Waals surface area contributed by atoms with E-state index in [2.05, 4.69) is 10.2 Å². The SMILES string of the molecule is Cc1cc(OCc2c(F)cccc2F)n2nc(C)c(-c3cnn(CC(C)C(=O)O)c3)c2c1.O=C(O)C(F)(F)F. The maximum atomic E-state index is 14.0. The van der Waals surface area contributed by atoms with E-state index in [-0.39, 0.29) is 18.7 Å². The van der Waals surface area contributed by atoms with Crippen molar-refractivity contribution in [3.05, 3.63) is 71.2 Å². The molecular formula is C25H23F5N4O5. The fraction of sp³-hybridized carbons (Fsp3) is 0.280. The maximum Gasteiger partial charge on any atom is 0.490 e. The van der Waals surface area contributed by atoms with Gasteiger partial charge in [0.1, 0.15) is 18.2 Å². The molecule has 0 spiro atoms. The van der Waals surface area contributed by atoms with Crippen LogP contribution in [0.25, 0.3) is 16.6 Å². The van der Waals surface area contributed by atoms with Crippen LogP contribution in [0.15, 0.2) is 42.7 Å². The van der Waals surface area contributed by atoms with Crippen LogP contribution in [0.3, 0.4) is 0 Å². The monoisotopic (exact) mass is 554 g/mol. The predicted octanol–water partition coefficient (Wildman–Crippen LogP) is 5.03. The average molecular weight is 554 g/mol. The molecule has 1 aromatic carbocycles. The molecule has 0 aliphatic rings. The van der Waals surface area contributed by atoms with E-state index in [4.69, 9.17) is 19.7 Å². The minimum absolute atomic E-state index is 0.153. The van der Waals surface area contributed by atoms with Gasteiger partial charge in [0.15, 0.2) is 0 Å². The van der Waals surface area contributed by atoms with Crippen molar-refractivity contribution in [1.29, 1.82) is 0 Å². The van der Waals surface area contributed by atoms with Crippen LogP contribution >= 0.6 is 0 Å². The summed E-state index contributed by atoms with van der Waals surface area (Å²) in [6, 6.07) is 7.36. The lowest BCUT2D eigenvalue weighted by molar-refractivity contribution is -0.192. The second-order valence-electron chi connectivity index (χ2n) is 8.61. The van der Waals surface area contributed by atoms with Crippen molar-refractivity contribution in [3.63, 3.8) is 0 Å². The predicted molar refractivity (Wildman–Crippen MR) is 127 cm³/mol. The van der Waals surface area contributed by atoms with Gasteiger partial charge in [-0.15, -0.1) is 0 Å². The molecule has 3 heterocycles. The summed E-state index contributed by atoms with van der Waals surface area (Å²) in [6.45, 7) is 5.32. The van der Waals surface area contributed by atoms with Crippen LogP contribution in [0.5, 0.6) is 5.88 Å². The number of benzene rings is 1. The largest absolute Gasteiger partial charge is 0.490 e. The molecule has 0 radical (unpaired) electrons.